The lowest BCUT2D eigenvalue weighted by molar-refractivity contribution is -0.112. The number of halogens is 1. The van der Waals surface area contributed by atoms with Crippen LogP contribution in [-0.2, 0) is 4.79 Å². The van der Waals surface area contributed by atoms with Gasteiger partial charge in [-0.05, 0) is 71.7 Å². The second-order valence-electron chi connectivity index (χ2n) is 6.83. The molecule has 174 valence electrons. The lowest BCUT2D eigenvalue weighted by Crippen LogP contribution is -2.13. The molecule has 0 fully saturated rings. The van der Waals surface area contributed by atoms with E-state index >= 15 is 0 Å². The quantitative estimate of drug-likeness (QED) is 0.190. The zero-order valence-electron chi connectivity index (χ0n) is 18.5. The molecule has 0 saturated carbocycles. The highest BCUT2D eigenvalue weighted by molar-refractivity contribution is 9.10. The van der Waals surface area contributed by atoms with Crippen molar-refractivity contribution < 1.29 is 28.3 Å². The summed E-state index contributed by atoms with van der Waals surface area (Å²) in [7, 11) is 1.50. The molecule has 2 aromatic carbocycles. The zero-order valence-corrected chi connectivity index (χ0v) is 20.1. The predicted octanol–water partition coefficient (Wildman–Crippen LogP) is 4.92. The van der Waals surface area contributed by atoms with E-state index in [9.17, 15) is 14.9 Å². The second kappa shape index (κ2) is 11.2. The molecule has 3 aromatic rings. The number of hydrogen-bond acceptors (Lipinski definition) is 8. The van der Waals surface area contributed by atoms with E-state index in [-0.39, 0.29) is 22.9 Å². The average molecular weight is 526 g/mol. The molecule has 1 N–H and O–H groups in total. The van der Waals surface area contributed by atoms with Crippen molar-refractivity contribution in [3.8, 4) is 23.3 Å². The lowest BCUT2D eigenvalue weighted by Gasteiger charge is -2.14. The van der Waals surface area contributed by atoms with Gasteiger partial charge in [-0.3, -0.25) is 4.79 Å². The molecule has 0 aliphatic carbocycles. The van der Waals surface area contributed by atoms with E-state index in [1.165, 1.54) is 19.3 Å². The van der Waals surface area contributed by atoms with Crippen LogP contribution in [0.15, 0.2) is 57.0 Å². The summed E-state index contributed by atoms with van der Waals surface area (Å²) in [6, 6.07) is 13.1. The number of anilines is 1. The summed E-state index contributed by atoms with van der Waals surface area (Å²) in [5, 5.41) is 15.7. The first-order valence-corrected chi connectivity index (χ1v) is 10.8. The molecule has 34 heavy (non-hydrogen) atoms. The van der Waals surface area contributed by atoms with Crippen LogP contribution in [0, 0.1) is 18.3 Å². The van der Waals surface area contributed by atoms with Gasteiger partial charge >= 0.3 is 5.97 Å². The summed E-state index contributed by atoms with van der Waals surface area (Å²) in [4.78, 5) is 25.2. The number of rotatable bonds is 8. The molecule has 1 heterocycles. The largest absolute Gasteiger partial charge is 0.497 e. The minimum atomic E-state index is -0.654. The third kappa shape index (κ3) is 6.02. The van der Waals surface area contributed by atoms with Gasteiger partial charge in [0.05, 0.1) is 23.8 Å². The highest BCUT2D eigenvalue weighted by Gasteiger charge is 2.19. The van der Waals surface area contributed by atoms with Crippen LogP contribution in [0.2, 0.25) is 0 Å². The van der Waals surface area contributed by atoms with Gasteiger partial charge in [-0.25, -0.2) is 4.79 Å². The summed E-state index contributed by atoms with van der Waals surface area (Å²) in [5.41, 5.74) is 0.597. The fourth-order valence-corrected chi connectivity index (χ4v) is 3.40. The molecule has 0 bridgehead atoms. The van der Waals surface area contributed by atoms with Crippen molar-refractivity contribution in [3.05, 3.63) is 69.4 Å². The van der Waals surface area contributed by atoms with Crippen LogP contribution in [0.25, 0.3) is 6.08 Å². The fraction of sp³-hybridized carbons (Fsp3) is 0.167. The Balaban J connectivity index is 1.89. The number of aryl methyl sites for hydroxylation is 1. The topological polar surface area (TPSA) is 124 Å². The summed E-state index contributed by atoms with van der Waals surface area (Å²) in [6.45, 7) is 3.75. The van der Waals surface area contributed by atoms with Gasteiger partial charge in [0.25, 0.3) is 5.91 Å². The van der Waals surface area contributed by atoms with Crippen LogP contribution in [0.5, 0.6) is 17.2 Å². The first kappa shape index (κ1) is 24.5. The number of carbonyl (C=O) groups excluding carboxylic acids is 2. The van der Waals surface area contributed by atoms with Gasteiger partial charge in [0.2, 0.25) is 0 Å². The van der Waals surface area contributed by atoms with Crippen LogP contribution < -0.4 is 19.5 Å². The smallest absolute Gasteiger partial charge is 0.343 e. The van der Waals surface area contributed by atoms with E-state index in [0.717, 1.165) is 0 Å². The Hall–Kier alpha value is -4.10. The Morgan fingerprint density at radius 2 is 2.06 bits per heavy atom. The summed E-state index contributed by atoms with van der Waals surface area (Å²) in [6.07, 6.45) is 1.38. The number of carbonyl (C=O) groups is 2. The van der Waals surface area contributed by atoms with E-state index < -0.39 is 11.9 Å². The van der Waals surface area contributed by atoms with E-state index in [1.807, 2.05) is 6.07 Å². The van der Waals surface area contributed by atoms with Crippen molar-refractivity contribution in [1.82, 2.24) is 5.16 Å². The Morgan fingerprint density at radius 1 is 1.26 bits per heavy atom. The van der Waals surface area contributed by atoms with Crippen LogP contribution in [0.3, 0.4) is 0 Å². The van der Waals surface area contributed by atoms with Gasteiger partial charge in [0, 0.05) is 6.07 Å². The van der Waals surface area contributed by atoms with Crippen molar-refractivity contribution >= 4 is 39.7 Å². The van der Waals surface area contributed by atoms with Gasteiger partial charge in [0.15, 0.2) is 17.3 Å². The highest BCUT2D eigenvalue weighted by atomic mass is 79.9. The number of hydrogen-bond donors (Lipinski definition) is 1. The number of esters is 1. The number of ether oxygens (including phenoxy) is 3. The van der Waals surface area contributed by atoms with Crippen LogP contribution in [0.4, 0.5) is 5.82 Å². The predicted molar refractivity (Wildman–Crippen MR) is 127 cm³/mol. The van der Waals surface area contributed by atoms with Gasteiger partial charge in [-0.15, -0.1) is 0 Å². The molecule has 0 unspecified atom stereocenters. The van der Waals surface area contributed by atoms with Gasteiger partial charge in [-0.2, -0.15) is 5.26 Å². The van der Waals surface area contributed by atoms with Crippen molar-refractivity contribution in [2.24, 2.45) is 0 Å². The summed E-state index contributed by atoms with van der Waals surface area (Å²) >= 11 is 3.39. The van der Waals surface area contributed by atoms with Crippen LogP contribution >= 0.6 is 15.9 Å². The number of benzene rings is 2. The number of aromatic nitrogens is 1. The maximum Gasteiger partial charge on any atom is 0.343 e. The molecule has 3 rings (SSSR count). The molecule has 0 spiro atoms. The molecule has 10 heteroatoms. The van der Waals surface area contributed by atoms with E-state index in [4.69, 9.17) is 18.7 Å². The normalized spacial score (nSPS) is 10.9. The molecule has 0 aliphatic rings. The number of nitrogens with zero attached hydrogens (tertiary/aromatic N) is 2. The Bertz CT molecular complexity index is 1290. The van der Waals surface area contributed by atoms with Crippen molar-refractivity contribution in [3.63, 3.8) is 0 Å². The zero-order chi connectivity index (χ0) is 24.7. The molecular weight excluding hydrogens is 506 g/mol. The van der Waals surface area contributed by atoms with E-state index in [0.29, 0.717) is 33.7 Å². The first-order chi connectivity index (χ1) is 16.3. The monoisotopic (exact) mass is 525 g/mol. The molecule has 1 amide bonds. The number of nitrogens with one attached hydrogen (secondary N) is 1. The number of methoxy groups -OCH3 is 1. The molecule has 0 radical (unpaired) electrons. The average Bonchev–Trinajstić information content (AvgIpc) is 3.23. The second-order valence-corrected chi connectivity index (χ2v) is 7.69. The third-order valence-corrected chi connectivity index (χ3v) is 4.97. The maximum atomic E-state index is 12.7. The minimum absolute atomic E-state index is 0.160. The number of nitriles is 1. The van der Waals surface area contributed by atoms with Crippen molar-refractivity contribution in [2.75, 3.05) is 19.0 Å². The van der Waals surface area contributed by atoms with E-state index in [2.05, 4.69) is 26.4 Å². The Labute approximate surface area is 204 Å². The van der Waals surface area contributed by atoms with E-state index in [1.54, 1.807) is 50.2 Å². The van der Waals surface area contributed by atoms with Crippen LogP contribution in [0.1, 0.15) is 28.6 Å². The van der Waals surface area contributed by atoms with Crippen molar-refractivity contribution in [2.45, 2.75) is 13.8 Å². The minimum Gasteiger partial charge on any atom is -0.497 e. The maximum absolute atomic E-state index is 12.7. The summed E-state index contributed by atoms with van der Waals surface area (Å²) in [5.74, 6) is 0.378. The molecule has 0 saturated heterocycles. The Morgan fingerprint density at radius 3 is 2.71 bits per heavy atom. The molecule has 0 atom stereocenters. The Kier molecular flexibility index (Phi) is 8.05. The molecule has 0 aliphatic heterocycles. The lowest BCUT2D eigenvalue weighted by atomic mass is 10.1. The third-order valence-electron chi connectivity index (χ3n) is 4.38. The van der Waals surface area contributed by atoms with Gasteiger partial charge < -0.3 is 24.1 Å². The van der Waals surface area contributed by atoms with Gasteiger partial charge in [0.1, 0.15) is 23.2 Å². The molecule has 1 aromatic heterocycles. The summed E-state index contributed by atoms with van der Waals surface area (Å²) < 4.78 is 21.7. The van der Waals surface area contributed by atoms with Crippen LogP contribution in [-0.4, -0.2) is 30.7 Å². The molecule has 9 nitrogen and oxygen atoms in total. The fourth-order valence-electron chi connectivity index (χ4n) is 2.86. The number of amides is 1. The SMILES string of the molecule is CCOc1cc(C=C(C#N)C(=O)Nc2cc(C)on2)cc(Br)c1OC(=O)c1cccc(OC)c1. The molecular formula is C24H20BrN3O6. The highest BCUT2D eigenvalue weighted by Crippen LogP contribution is 2.38. The van der Waals surface area contributed by atoms with Gasteiger partial charge in [-0.1, -0.05) is 11.2 Å². The first-order valence-electron chi connectivity index (χ1n) is 10.0. The standard InChI is InChI=1S/C24H20BrN3O6/c1-4-32-20-11-15(9-17(13-26)23(29)27-21-8-14(2)34-28-21)10-19(25)22(20)33-24(30)16-6-5-7-18(12-16)31-3/h5-12H,4H2,1-3H3,(H,27,28,29). The van der Waals surface area contributed by atoms with Crippen molar-refractivity contribution in [1.29, 1.82) is 5.26 Å².